The van der Waals surface area contributed by atoms with E-state index in [-0.39, 0.29) is 6.10 Å². The van der Waals surface area contributed by atoms with E-state index in [1.54, 1.807) is 6.20 Å². The van der Waals surface area contributed by atoms with E-state index in [4.69, 9.17) is 27.5 Å². The molecule has 2 atom stereocenters. The number of fused-ring (bicyclic) bond motifs is 1. The van der Waals surface area contributed by atoms with Gasteiger partial charge in [0.05, 0.1) is 18.5 Å². The van der Waals surface area contributed by atoms with Crippen molar-refractivity contribution in [2.24, 2.45) is 5.92 Å². The molecular formula is C28H38ClN5O3. The lowest BCUT2D eigenvalue weighted by molar-refractivity contribution is -0.105. The highest BCUT2D eigenvalue weighted by Gasteiger charge is 2.32. The standard InChI is InChI=1S/C28H38ClN5O3/c1-6-20-15-21-25(19-7-10-34(5)11-8-19)18(4)14-23(26(21)37-20)32-28-31-16-22(29)27(33-28)30-9-12-36-24(35)13-17(2)3/h1,14,16-17,19-20,24,35H,7-13,15H2,2-5H3,(H2,30,31,32,33)/t20-,24?/m1/s1. The zero-order valence-electron chi connectivity index (χ0n) is 22.2. The molecule has 0 amide bonds. The Morgan fingerprint density at radius 2 is 2.11 bits per heavy atom. The molecule has 0 radical (unpaired) electrons. The van der Waals surface area contributed by atoms with Crippen molar-refractivity contribution in [1.29, 1.82) is 0 Å². The van der Waals surface area contributed by atoms with Gasteiger partial charge in [-0.15, -0.1) is 6.42 Å². The molecule has 1 saturated heterocycles. The van der Waals surface area contributed by atoms with Crippen molar-refractivity contribution in [3.8, 4) is 18.1 Å². The number of benzene rings is 1. The number of aromatic nitrogens is 2. The minimum atomic E-state index is -0.783. The molecule has 0 bridgehead atoms. The minimum absolute atomic E-state index is 0.281. The van der Waals surface area contributed by atoms with Gasteiger partial charge in [-0.25, -0.2) is 4.98 Å². The predicted octanol–water partition coefficient (Wildman–Crippen LogP) is 4.72. The summed E-state index contributed by atoms with van der Waals surface area (Å²) in [6.45, 7) is 9.18. The quantitative estimate of drug-likeness (QED) is 0.232. The third-order valence-corrected chi connectivity index (χ3v) is 7.24. The number of hydrogen-bond donors (Lipinski definition) is 3. The Morgan fingerprint density at radius 3 is 2.81 bits per heavy atom. The van der Waals surface area contributed by atoms with Crippen LogP contribution in [-0.2, 0) is 11.2 Å². The van der Waals surface area contributed by atoms with Crippen LogP contribution in [0, 0.1) is 25.2 Å². The third kappa shape index (κ3) is 6.85. The average molecular weight is 528 g/mol. The second-order valence-corrected chi connectivity index (χ2v) is 10.8. The maximum absolute atomic E-state index is 9.89. The summed E-state index contributed by atoms with van der Waals surface area (Å²) in [5.74, 6) is 5.31. The maximum atomic E-state index is 9.89. The first kappa shape index (κ1) is 27.5. The van der Waals surface area contributed by atoms with Gasteiger partial charge in [0.25, 0.3) is 0 Å². The average Bonchev–Trinajstić information content (AvgIpc) is 3.29. The zero-order valence-corrected chi connectivity index (χ0v) is 22.9. The number of likely N-dealkylation sites (tertiary alicyclic amines) is 1. The van der Waals surface area contributed by atoms with Gasteiger partial charge in [0.2, 0.25) is 5.95 Å². The second-order valence-electron chi connectivity index (χ2n) is 10.4. The van der Waals surface area contributed by atoms with Gasteiger partial charge in [-0.3, -0.25) is 0 Å². The van der Waals surface area contributed by atoms with E-state index >= 15 is 0 Å². The number of piperidine rings is 1. The maximum Gasteiger partial charge on any atom is 0.229 e. The van der Waals surface area contributed by atoms with Crippen molar-refractivity contribution in [3.63, 3.8) is 0 Å². The molecule has 0 spiro atoms. The van der Waals surface area contributed by atoms with Gasteiger partial charge in [-0.1, -0.05) is 31.4 Å². The Morgan fingerprint density at radius 1 is 1.35 bits per heavy atom. The van der Waals surface area contributed by atoms with Crippen molar-refractivity contribution in [2.75, 3.05) is 43.9 Å². The summed E-state index contributed by atoms with van der Waals surface area (Å²) in [4.78, 5) is 11.3. The summed E-state index contributed by atoms with van der Waals surface area (Å²) in [5, 5.41) is 16.8. The molecule has 1 unspecified atom stereocenters. The molecule has 3 N–H and O–H groups in total. The lowest BCUT2D eigenvalue weighted by Crippen LogP contribution is -2.29. The fraction of sp³-hybridized carbons (Fsp3) is 0.571. The van der Waals surface area contributed by atoms with Crippen LogP contribution in [0.5, 0.6) is 5.75 Å². The third-order valence-electron chi connectivity index (χ3n) is 6.96. The lowest BCUT2D eigenvalue weighted by atomic mass is 9.82. The van der Waals surface area contributed by atoms with Crippen LogP contribution in [0.4, 0.5) is 17.5 Å². The number of nitrogens with zero attached hydrogens (tertiary/aromatic N) is 3. The van der Waals surface area contributed by atoms with E-state index in [1.165, 1.54) is 16.7 Å². The van der Waals surface area contributed by atoms with Crippen LogP contribution >= 0.6 is 11.6 Å². The van der Waals surface area contributed by atoms with Gasteiger partial charge < -0.3 is 30.1 Å². The molecule has 2 aliphatic rings. The van der Waals surface area contributed by atoms with Crippen molar-refractivity contribution >= 4 is 29.1 Å². The van der Waals surface area contributed by atoms with Crippen LogP contribution in [0.25, 0.3) is 0 Å². The summed E-state index contributed by atoms with van der Waals surface area (Å²) in [7, 11) is 2.18. The first-order valence-corrected chi connectivity index (χ1v) is 13.4. The molecule has 37 heavy (non-hydrogen) atoms. The number of aryl methyl sites for hydroxylation is 1. The monoisotopic (exact) mass is 527 g/mol. The Bertz CT molecular complexity index is 1130. The van der Waals surface area contributed by atoms with Crippen molar-refractivity contribution in [3.05, 3.63) is 34.0 Å². The van der Waals surface area contributed by atoms with Gasteiger partial charge in [-0.2, -0.15) is 4.98 Å². The lowest BCUT2D eigenvalue weighted by Gasteiger charge is -2.31. The van der Waals surface area contributed by atoms with Crippen molar-refractivity contribution in [1.82, 2.24) is 14.9 Å². The summed E-state index contributed by atoms with van der Waals surface area (Å²) < 4.78 is 11.7. The van der Waals surface area contributed by atoms with Crippen LogP contribution in [-0.4, -0.2) is 65.7 Å². The number of halogens is 1. The molecular weight excluding hydrogens is 490 g/mol. The van der Waals surface area contributed by atoms with Crippen LogP contribution in [0.15, 0.2) is 12.3 Å². The summed E-state index contributed by atoms with van der Waals surface area (Å²) >= 11 is 6.33. The highest BCUT2D eigenvalue weighted by molar-refractivity contribution is 6.32. The molecule has 1 aromatic carbocycles. The number of ether oxygens (including phenoxy) is 2. The van der Waals surface area contributed by atoms with E-state index in [1.807, 2.05) is 13.8 Å². The fourth-order valence-electron chi connectivity index (χ4n) is 5.15. The summed E-state index contributed by atoms with van der Waals surface area (Å²) in [6.07, 6.45) is 9.81. The van der Waals surface area contributed by atoms with E-state index in [0.717, 1.165) is 37.4 Å². The number of hydrogen-bond acceptors (Lipinski definition) is 8. The Kier molecular flexibility index (Phi) is 9.14. The molecule has 0 saturated carbocycles. The zero-order chi connectivity index (χ0) is 26.5. The number of aliphatic hydroxyl groups is 1. The van der Waals surface area contributed by atoms with Gasteiger partial charge in [0, 0.05) is 24.9 Å². The highest BCUT2D eigenvalue weighted by Crippen LogP contribution is 2.45. The molecule has 9 heteroatoms. The smallest absolute Gasteiger partial charge is 0.229 e. The second kappa shape index (κ2) is 12.3. The van der Waals surface area contributed by atoms with E-state index in [0.29, 0.717) is 54.6 Å². The normalized spacial score (nSPS) is 18.8. The number of rotatable bonds is 10. The Balaban J connectivity index is 1.50. The Hall–Kier alpha value is -2.57. The molecule has 2 aliphatic heterocycles. The number of nitrogens with one attached hydrogen (secondary N) is 2. The summed E-state index contributed by atoms with van der Waals surface area (Å²) in [6, 6.07) is 2.11. The number of terminal acetylenes is 1. The minimum Gasteiger partial charge on any atom is -0.475 e. The predicted molar refractivity (Wildman–Crippen MR) is 148 cm³/mol. The molecule has 200 valence electrons. The number of anilines is 3. The first-order chi connectivity index (χ1) is 17.7. The molecule has 2 aromatic rings. The van der Waals surface area contributed by atoms with E-state index < -0.39 is 6.29 Å². The molecule has 4 rings (SSSR count). The highest BCUT2D eigenvalue weighted by atomic mass is 35.5. The van der Waals surface area contributed by atoms with Gasteiger partial charge in [-0.05, 0) is 68.9 Å². The van der Waals surface area contributed by atoms with Crippen LogP contribution in [0.1, 0.15) is 55.7 Å². The SMILES string of the molecule is C#C[C@@H]1Cc2c(c(Nc3ncc(Cl)c(NCCOC(O)CC(C)C)n3)cc(C)c2C2CCN(C)CC2)O1. The fourth-order valence-corrected chi connectivity index (χ4v) is 5.31. The molecule has 0 aliphatic carbocycles. The molecule has 1 fully saturated rings. The van der Waals surface area contributed by atoms with Crippen LogP contribution < -0.4 is 15.4 Å². The van der Waals surface area contributed by atoms with Gasteiger partial charge >= 0.3 is 0 Å². The molecule has 8 nitrogen and oxygen atoms in total. The topological polar surface area (TPSA) is 91.8 Å². The van der Waals surface area contributed by atoms with Crippen molar-refractivity contribution in [2.45, 2.75) is 64.8 Å². The molecule has 1 aromatic heterocycles. The van der Waals surface area contributed by atoms with Crippen LogP contribution in [0.3, 0.4) is 0 Å². The Labute approximate surface area is 225 Å². The van der Waals surface area contributed by atoms with Gasteiger partial charge in [0.15, 0.2) is 18.2 Å². The first-order valence-electron chi connectivity index (χ1n) is 13.1. The van der Waals surface area contributed by atoms with E-state index in [2.05, 4.69) is 51.5 Å². The largest absolute Gasteiger partial charge is 0.475 e. The van der Waals surface area contributed by atoms with Gasteiger partial charge in [0.1, 0.15) is 10.8 Å². The molecule has 3 heterocycles. The number of aliphatic hydroxyl groups excluding tert-OH is 1. The summed E-state index contributed by atoms with van der Waals surface area (Å²) in [5.41, 5.74) is 4.60. The van der Waals surface area contributed by atoms with Crippen LogP contribution in [0.2, 0.25) is 5.02 Å². The van der Waals surface area contributed by atoms with Crippen molar-refractivity contribution < 1.29 is 14.6 Å². The van der Waals surface area contributed by atoms with E-state index in [9.17, 15) is 5.11 Å².